The zero-order chi connectivity index (χ0) is 11.7. The molecule has 0 heterocycles. The molecule has 15 heavy (non-hydrogen) atoms. The molecule has 1 amide bonds. The van der Waals surface area contributed by atoms with E-state index in [1.807, 2.05) is 6.07 Å². The number of para-hydroxylation sites is 1. The maximum atomic E-state index is 10.0. The molecule has 82 valence electrons. The van der Waals surface area contributed by atoms with E-state index in [4.69, 9.17) is 19.7 Å². The highest BCUT2D eigenvalue weighted by Crippen LogP contribution is 2.07. The second-order valence-corrected chi connectivity index (χ2v) is 2.33. The number of ether oxygens (including phenoxy) is 1. The molecular weight excluding hydrogens is 202 g/mol. The van der Waals surface area contributed by atoms with Crippen molar-refractivity contribution in [1.29, 1.82) is 0 Å². The van der Waals surface area contributed by atoms with Crippen LogP contribution in [-0.4, -0.2) is 28.9 Å². The topological polar surface area (TPSA) is 110 Å². The number of carboxylic acid groups (broad SMARTS) is 2. The molecule has 0 aliphatic rings. The fourth-order valence-corrected chi connectivity index (χ4v) is 0.662. The summed E-state index contributed by atoms with van der Waals surface area (Å²) < 4.78 is 4.87. The molecule has 0 aliphatic carbocycles. The van der Waals surface area contributed by atoms with Crippen LogP contribution in [0.4, 0.5) is 4.79 Å². The molecule has 0 fully saturated rings. The molecule has 0 aromatic heterocycles. The quantitative estimate of drug-likeness (QED) is 0.686. The normalized spacial score (nSPS) is 8.27. The number of nitrogens with two attached hydrogens (primary N) is 1. The summed E-state index contributed by atoms with van der Waals surface area (Å²) in [5.74, 6) is -0.385. The maximum absolute atomic E-state index is 10.0. The number of primary amides is 1. The molecule has 0 radical (unpaired) electrons. The van der Waals surface area contributed by atoms with Crippen molar-refractivity contribution in [2.75, 3.05) is 6.61 Å². The zero-order valence-electron chi connectivity index (χ0n) is 7.79. The van der Waals surface area contributed by atoms with Crippen LogP contribution in [0.5, 0.6) is 5.75 Å². The second kappa shape index (κ2) is 7.19. The van der Waals surface area contributed by atoms with E-state index in [9.17, 15) is 4.79 Å². The number of carbonyl (C=O) groups is 2. The lowest BCUT2D eigenvalue weighted by Crippen LogP contribution is -2.09. The van der Waals surface area contributed by atoms with Gasteiger partial charge in [-0.3, -0.25) is 0 Å². The van der Waals surface area contributed by atoms with Gasteiger partial charge in [-0.15, -0.1) is 0 Å². The highest BCUT2D eigenvalue weighted by molar-refractivity contribution is 5.68. The Kier molecular flexibility index (Phi) is 6.12. The molecule has 4 N–H and O–H groups in total. The van der Waals surface area contributed by atoms with Crippen LogP contribution in [0.1, 0.15) is 0 Å². The molecule has 1 rings (SSSR count). The summed E-state index contributed by atoms with van der Waals surface area (Å²) in [6.45, 7) is -0.288. The number of rotatable bonds is 3. The first kappa shape index (κ1) is 12.8. The zero-order valence-corrected chi connectivity index (χ0v) is 7.79. The molecule has 0 unspecified atom stereocenters. The first-order chi connectivity index (χ1) is 7.02. The number of hydrogen-bond acceptors (Lipinski definition) is 3. The Morgan fingerprint density at radius 1 is 1.20 bits per heavy atom. The largest absolute Gasteiger partial charge is 0.482 e. The van der Waals surface area contributed by atoms with E-state index in [2.05, 4.69) is 5.73 Å². The van der Waals surface area contributed by atoms with Gasteiger partial charge in [0.05, 0.1) is 0 Å². The number of amides is 1. The van der Waals surface area contributed by atoms with Gasteiger partial charge >= 0.3 is 12.1 Å². The third kappa shape index (κ3) is 9.68. The Balaban J connectivity index is 0.000000423. The summed E-state index contributed by atoms with van der Waals surface area (Å²) in [6, 6.07) is 8.84. The van der Waals surface area contributed by atoms with Crippen LogP contribution in [-0.2, 0) is 4.79 Å². The van der Waals surface area contributed by atoms with Gasteiger partial charge in [0.15, 0.2) is 6.61 Å². The first-order valence-corrected chi connectivity index (χ1v) is 3.90. The van der Waals surface area contributed by atoms with Crippen molar-refractivity contribution in [3.05, 3.63) is 30.3 Å². The number of aliphatic carboxylic acids is 1. The molecule has 1 aromatic carbocycles. The average molecular weight is 213 g/mol. The van der Waals surface area contributed by atoms with E-state index < -0.39 is 12.1 Å². The van der Waals surface area contributed by atoms with Gasteiger partial charge in [0.2, 0.25) is 0 Å². The van der Waals surface area contributed by atoms with E-state index in [0.717, 1.165) is 0 Å². The van der Waals surface area contributed by atoms with Crippen LogP contribution >= 0.6 is 0 Å². The third-order valence-corrected chi connectivity index (χ3v) is 1.11. The van der Waals surface area contributed by atoms with Crippen LogP contribution in [0.25, 0.3) is 0 Å². The van der Waals surface area contributed by atoms with Crippen LogP contribution in [0.2, 0.25) is 0 Å². The van der Waals surface area contributed by atoms with E-state index in [1.165, 1.54) is 0 Å². The molecule has 1 aromatic rings. The minimum absolute atomic E-state index is 0.288. The Morgan fingerprint density at radius 3 is 2.07 bits per heavy atom. The monoisotopic (exact) mass is 213 g/mol. The second-order valence-electron chi connectivity index (χ2n) is 2.33. The van der Waals surface area contributed by atoms with Gasteiger partial charge < -0.3 is 20.7 Å². The van der Waals surface area contributed by atoms with Gasteiger partial charge in [-0.05, 0) is 12.1 Å². The van der Waals surface area contributed by atoms with E-state index in [-0.39, 0.29) is 6.61 Å². The Hall–Kier alpha value is -2.24. The van der Waals surface area contributed by atoms with Gasteiger partial charge in [0.1, 0.15) is 5.75 Å². The number of carboxylic acids is 1. The minimum atomic E-state index is -1.33. The molecule has 0 saturated heterocycles. The Bertz CT molecular complexity index is 308. The predicted molar refractivity (Wildman–Crippen MR) is 51.8 cm³/mol. The molecule has 0 aliphatic heterocycles. The van der Waals surface area contributed by atoms with Crippen molar-refractivity contribution in [2.45, 2.75) is 0 Å². The molecule has 6 heteroatoms. The van der Waals surface area contributed by atoms with Crippen molar-refractivity contribution in [2.24, 2.45) is 5.73 Å². The lowest BCUT2D eigenvalue weighted by molar-refractivity contribution is -0.139. The van der Waals surface area contributed by atoms with Crippen molar-refractivity contribution in [3.63, 3.8) is 0 Å². The highest BCUT2D eigenvalue weighted by Gasteiger charge is 1.96. The first-order valence-electron chi connectivity index (χ1n) is 3.90. The lowest BCUT2D eigenvalue weighted by Gasteiger charge is -2.00. The molecular formula is C9H11NO5. The Morgan fingerprint density at radius 2 is 1.67 bits per heavy atom. The number of benzene rings is 1. The van der Waals surface area contributed by atoms with Crippen LogP contribution in [0.15, 0.2) is 30.3 Å². The summed E-state index contributed by atoms with van der Waals surface area (Å²) in [6.07, 6.45) is -1.33. The van der Waals surface area contributed by atoms with Gasteiger partial charge in [-0.2, -0.15) is 0 Å². The summed E-state index contributed by atoms with van der Waals surface area (Å²) in [5.41, 5.74) is 4.03. The van der Waals surface area contributed by atoms with Gasteiger partial charge in [-0.1, -0.05) is 18.2 Å². The molecule has 0 atom stereocenters. The van der Waals surface area contributed by atoms with E-state index in [1.54, 1.807) is 24.3 Å². The summed E-state index contributed by atoms with van der Waals surface area (Å²) in [5, 5.41) is 15.4. The smallest absolute Gasteiger partial charge is 0.402 e. The summed E-state index contributed by atoms with van der Waals surface area (Å²) >= 11 is 0. The standard InChI is InChI=1S/C8H8O3.CH3NO2/c9-8(10)6-11-7-4-2-1-3-5-7;2-1(3)4/h1-5H,6H2,(H,9,10);2H2,(H,3,4). The van der Waals surface area contributed by atoms with Crippen LogP contribution < -0.4 is 10.5 Å². The predicted octanol–water partition coefficient (Wildman–Crippen LogP) is 0.773. The fourth-order valence-electron chi connectivity index (χ4n) is 0.662. The highest BCUT2D eigenvalue weighted by atomic mass is 16.5. The molecule has 0 bridgehead atoms. The van der Waals surface area contributed by atoms with Crippen LogP contribution in [0.3, 0.4) is 0 Å². The molecule has 6 nitrogen and oxygen atoms in total. The van der Waals surface area contributed by atoms with Crippen molar-refractivity contribution >= 4 is 12.1 Å². The van der Waals surface area contributed by atoms with E-state index >= 15 is 0 Å². The minimum Gasteiger partial charge on any atom is -0.482 e. The van der Waals surface area contributed by atoms with E-state index in [0.29, 0.717) is 5.75 Å². The maximum Gasteiger partial charge on any atom is 0.402 e. The van der Waals surface area contributed by atoms with Crippen molar-refractivity contribution in [1.82, 2.24) is 0 Å². The van der Waals surface area contributed by atoms with Gasteiger partial charge in [-0.25, -0.2) is 9.59 Å². The molecule has 0 spiro atoms. The Labute approximate surface area is 85.9 Å². The fraction of sp³-hybridized carbons (Fsp3) is 0.111. The van der Waals surface area contributed by atoms with Gasteiger partial charge in [0, 0.05) is 0 Å². The molecule has 0 saturated carbocycles. The summed E-state index contributed by atoms with van der Waals surface area (Å²) in [7, 11) is 0. The van der Waals surface area contributed by atoms with Crippen LogP contribution in [0, 0.1) is 0 Å². The number of hydrogen-bond donors (Lipinski definition) is 3. The third-order valence-electron chi connectivity index (χ3n) is 1.11. The average Bonchev–Trinajstić information content (AvgIpc) is 2.15. The van der Waals surface area contributed by atoms with Crippen molar-refractivity contribution < 1.29 is 24.5 Å². The lowest BCUT2D eigenvalue weighted by atomic mass is 10.3. The van der Waals surface area contributed by atoms with Gasteiger partial charge in [0.25, 0.3) is 0 Å². The summed E-state index contributed by atoms with van der Waals surface area (Å²) in [4.78, 5) is 18.8. The SMILES string of the molecule is NC(=O)O.O=C(O)COc1ccccc1. The van der Waals surface area contributed by atoms with Crippen molar-refractivity contribution in [3.8, 4) is 5.75 Å².